The van der Waals surface area contributed by atoms with Gasteiger partial charge in [-0.25, -0.2) is 8.98 Å². The van der Waals surface area contributed by atoms with E-state index in [2.05, 4.69) is 36.7 Å². The normalized spacial score (nSPS) is 9.84. The Morgan fingerprint density at radius 1 is 1.26 bits per heavy atom. The van der Waals surface area contributed by atoms with Crippen LogP contribution in [0.2, 0.25) is 0 Å². The predicted molar refractivity (Wildman–Crippen MR) is 74.5 cm³/mol. The van der Waals surface area contributed by atoms with Crippen molar-refractivity contribution in [2.45, 2.75) is 27.2 Å². The second kappa shape index (κ2) is 13.5. The van der Waals surface area contributed by atoms with Gasteiger partial charge < -0.3 is 10.0 Å². The van der Waals surface area contributed by atoms with Crippen LogP contribution >= 0.6 is 0 Å². The molecule has 0 heterocycles. The molecule has 0 amide bonds. The number of carboxylic acid groups (broad SMARTS) is 1. The molecule has 0 aliphatic heterocycles. The fraction of sp³-hybridized carbons (Fsp3) is 0.727. The number of hydrogen-bond donors (Lipinski definition) is 2. The van der Waals surface area contributed by atoms with Crippen LogP contribution in [0.3, 0.4) is 0 Å². The van der Waals surface area contributed by atoms with Crippen molar-refractivity contribution in [3.8, 4) is 0 Å². The van der Waals surface area contributed by atoms with E-state index in [9.17, 15) is 13.2 Å². The molecule has 0 fully saturated rings. The van der Waals surface area contributed by atoms with Crippen molar-refractivity contribution in [3.63, 3.8) is 0 Å². The summed E-state index contributed by atoms with van der Waals surface area (Å²) in [6.07, 6.45) is 0.523. The van der Waals surface area contributed by atoms with Crippen LogP contribution < -0.4 is 0 Å². The third-order valence-corrected chi connectivity index (χ3v) is 2.16. The van der Waals surface area contributed by atoms with Gasteiger partial charge in [0.2, 0.25) is 0 Å². The van der Waals surface area contributed by atoms with Crippen LogP contribution in [0, 0.1) is 0 Å². The molecule has 0 unspecified atom stereocenters. The Morgan fingerprint density at radius 3 is 1.63 bits per heavy atom. The summed E-state index contributed by atoms with van der Waals surface area (Å²) in [5.74, 6) is -0.900. The van der Waals surface area contributed by atoms with Gasteiger partial charge in [0.05, 0.1) is 6.61 Å². The minimum absolute atomic E-state index is 0.0289. The van der Waals surface area contributed by atoms with E-state index < -0.39 is 16.4 Å². The molecule has 0 aliphatic rings. The fourth-order valence-corrected chi connectivity index (χ4v) is 0.598. The summed E-state index contributed by atoms with van der Waals surface area (Å²) in [7, 11) is -0.0631. The van der Waals surface area contributed by atoms with E-state index in [0.29, 0.717) is 6.42 Å². The third-order valence-electron chi connectivity index (χ3n) is 1.63. The van der Waals surface area contributed by atoms with Gasteiger partial charge in [0.25, 0.3) is 0 Å². The Balaban J connectivity index is -0.000000206. The van der Waals surface area contributed by atoms with Gasteiger partial charge in [-0.05, 0) is 34.0 Å². The van der Waals surface area contributed by atoms with Crippen molar-refractivity contribution in [1.29, 1.82) is 0 Å². The lowest BCUT2D eigenvalue weighted by Crippen LogP contribution is -2.08. The van der Waals surface area contributed by atoms with Crippen LogP contribution in [0.5, 0.6) is 0 Å². The van der Waals surface area contributed by atoms with Gasteiger partial charge in [0.1, 0.15) is 0 Å². The first-order valence-electron chi connectivity index (χ1n) is 5.69. The Bertz CT molecular complexity index is 337. The van der Waals surface area contributed by atoms with Crippen molar-refractivity contribution >= 4 is 16.4 Å². The summed E-state index contributed by atoms with van der Waals surface area (Å²) in [4.78, 5) is 12.0. The van der Waals surface area contributed by atoms with Crippen LogP contribution in [-0.4, -0.2) is 56.2 Å². The first kappa shape index (κ1) is 23.2. The quantitative estimate of drug-likeness (QED) is 0.584. The van der Waals surface area contributed by atoms with Crippen molar-refractivity contribution < 1.29 is 27.1 Å². The molecule has 0 radical (unpaired) electrons. The third kappa shape index (κ3) is 31.6. The molecule has 0 atom stereocenters. The van der Waals surface area contributed by atoms with Crippen molar-refractivity contribution in [1.82, 2.24) is 4.90 Å². The lowest BCUT2D eigenvalue weighted by molar-refractivity contribution is -0.132. The van der Waals surface area contributed by atoms with E-state index in [1.54, 1.807) is 6.92 Å². The molecule has 0 rings (SSSR count). The van der Waals surface area contributed by atoms with E-state index in [4.69, 9.17) is 9.66 Å². The molecule has 19 heavy (non-hydrogen) atoms. The van der Waals surface area contributed by atoms with Gasteiger partial charge in [-0.2, -0.15) is 8.42 Å². The minimum atomic E-state index is -4.17. The Labute approximate surface area is 115 Å². The number of carboxylic acids is 1. The standard InChI is InChI=1S/C5H8O2.C4H11N.C2H6O4S/c1-3-4(2)5(6)7;1-4-5(2)3;1-2-6-7(3,4)5/h2-3H2,1H3,(H,6,7);4H2,1-3H3;2H2,1H3,(H,3,4,5). The smallest absolute Gasteiger partial charge is 0.397 e. The maximum absolute atomic E-state index is 9.83. The summed E-state index contributed by atoms with van der Waals surface area (Å²) < 4.78 is 30.7. The van der Waals surface area contributed by atoms with Gasteiger partial charge in [-0.1, -0.05) is 20.4 Å². The molecule has 116 valence electrons. The van der Waals surface area contributed by atoms with E-state index >= 15 is 0 Å². The molecule has 7 nitrogen and oxygen atoms in total. The van der Waals surface area contributed by atoms with E-state index in [0.717, 1.165) is 6.54 Å². The maximum Gasteiger partial charge on any atom is 0.397 e. The molecule has 0 aromatic heterocycles. The second-order valence-electron chi connectivity index (χ2n) is 3.49. The molecule has 0 saturated heterocycles. The highest BCUT2D eigenvalue weighted by atomic mass is 32.3. The lowest BCUT2D eigenvalue weighted by atomic mass is 10.2. The summed E-state index contributed by atoms with van der Waals surface area (Å²) in [5, 5.41) is 8.08. The highest BCUT2D eigenvalue weighted by Gasteiger charge is 1.98. The molecule has 0 bridgehead atoms. The van der Waals surface area contributed by atoms with Gasteiger partial charge in [0, 0.05) is 5.57 Å². The van der Waals surface area contributed by atoms with Gasteiger partial charge in [-0.3, -0.25) is 4.55 Å². The minimum Gasteiger partial charge on any atom is -0.478 e. The largest absolute Gasteiger partial charge is 0.478 e. The molecular formula is C11H25NO6S. The van der Waals surface area contributed by atoms with E-state index in [1.165, 1.54) is 6.92 Å². The van der Waals surface area contributed by atoms with E-state index in [1.807, 2.05) is 0 Å². The average Bonchev–Trinajstić information content (AvgIpc) is 2.27. The zero-order valence-electron chi connectivity index (χ0n) is 12.2. The lowest BCUT2D eigenvalue weighted by Gasteiger charge is -2.00. The molecule has 0 spiro atoms. The van der Waals surface area contributed by atoms with Crippen LogP contribution in [0.15, 0.2) is 12.2 Å². The van der Waals surface area contributed by atoms with E-state index in [-0.39, 0.29) is 12.2 Å². The van der Waals surface area contributed by atoms with Crippen LogP contribution in [-0.2, 0) is 19.4 Å². The molecule has 0 saturated carbocycles. The highest BCUT2D eigenvalue weighted by molar-refractivity contribution is 7.80. The Morgan fingerprint density at radius 2 is 1.63 bits per heavy atom. The molecule has 0 aromatic carbocycles. The van der Waals surface area contributed by atoms with Gasteiger partial charge in [0.15, 0.2) is 0 Å². The first-order chi connectivity index (χ1) is 8.51. The molecular weight excluding hydrogens is 274 g/mol. The maximum atomic E-state index is 9.83. The number of nitrogens with zero attached hydrogens (tertiary/aromatic N) is 1. The first-order valence-corrected chi connectivity index (χ1v) is 7.05. The van der Waals surface area contributed by atoms with Crippen LogP contribution in [0.25, 0.3) is 0 Å². The molecule has 0 aliphatic carbocycles. The van der Waals surface area contributed by atoms with Crippen molar-refractivity contribution in [2.75, 3.05) is 27.2 Å². The number of aliphatic carboxylic acids is 1. The zero-order valence-corrected chi connectivity index (χ0v) is 13.0. The van der Waals surface area contributed by atoms with Crippen molar-refractivity contribution in [2.24, 2.45) is 0 Å². The predicted octanol–water partition coefficient (Wildman–Crippen LogP) is 1.43. The topological polar surface area (TPSA) is 104 Å². The Hall–Kier alpha value is -0.960. The number of hydrogen-bond acceptors (Lipinski definition) is 5. The van der Waals surface area contributed by atoms with Crippen LogP contribution in [0.4, 0.5) is 0 Å². The van der Waals surface area contributed by atoms with Crippen LogP contribution in [0.1, 0.15) is 27.2 Å². The van der Waals surface area contributed by atoms with Gasteiger partial charge >= 0.3 is 16.4 Å². The zero-order chi connectivity index (χ0) is 16.1. The molecule has 2 N–H and O–H groups in total. The fourth-order valence-electron chi connectivity index (χ4n) is 0.300. The van der Waals surface area contributed by atoms with Gasteiger partial charge in [-0.15, -0.1) is 0 Å². The molecule has 8 heteroatoms. The summed E-state index contributed by atoms with van der Waals surface area (Å²) in [5.41, 5.74) is 0.264. The number of rotatable bonds is 5. The summed E-state index contributed by atoms with van der Waals surface area (Å²) in [6, 6.07) is 0. The molecule has 0 aromatic rings. The average molecular weight is 299 g/mol. The summed E-state index contributed by atoms with van der Waals surface area (Å²) in [6.45, 7) is 9.73. The summed E-state index contributed by atoms with van der Waals surface area (Å²) >= 11 is 0. The van der Waals surface area contributed by atoms with Crippen molar-refractivity contribution in [3.05, 3.63) is 12.2 Å². The number of carbonyl (C=O) groups is 1. The Kier molecular flexibility index (Phi) is 16.4. The SMILES string of the molecule is C=C(CC)C(=O)O.CCN(C)C.CCOS(=O)(=O)O. The second-order valence-corrected chi connectivity index (χ2v) is 4.58. The monoisotopic (exact) mass is 299 g/mol. The highest BCUT2D eigenvalue weighted by Crippen LogP contribution is 1.93.